The van der Waals surface area contributed by atoms with Gasteiger partial charge >= 0.3 is 0 Å². The summed E-state index contributed by atoms with van der Waals surface area (Å²) in [6.45, 7) is 0.0390. The summed E-state index contributed by atoms with van der Waals surface area (Å²) < 4.78 is 47.8. The van der Waals surface area contributed by atoms with Crippen LogP contribution < -0.4 is 9.62 Å². The summed E-state index contributed by atoms with van der Waals surface area (Å²) >= 11 is 3.41. The largest absolute Gasteiger partial charge is 0.455 e. The van der Waals surface area contributed by atoms with Gasteiger partial charge in [-0.2, -0.15) is 0 Å². The van der Waals surface area contributed by atoms with E-state index in [4.69, 9.17) is 4.42 Å². The number of anilines is 1. The van der Waals surface area contributed by atoms with Gasteiger partial charge in [0.2, 0.25) is 10.0 Å². The number of amides is 1. The van der Waals surface area contributed by atoms with Crippen LogP contribution in [-0.4, -0.2) is 32.6 Å². The minimum atomic E-state index is -3.69. The predicted octanol–water partition coefficient (Wildman–Crippen LogP) is 5.60. The number of sulfonamides is 1. The highest BCUT2D eigenvalue weighted by Crippen LogP contribution is 2.48. The summed E-state index contributed by atoms with van der Waals surface area (Å²) in [6, 6.07) is 12.8. The quantitative estimate of drug-likeness (QED) is 0.311. The van der Waals surface area contributed by atoms with Crippen molar-refractivity contribution in [3.05, 3.63) is 81.8 Å². The van der Waals surface area contributed by atoms with Gasteiger partial charge in [-0.1, -0.05) is 15.9 Å². The number of halogens is 2. The average Bonchev–Trinajstić information content (AvgIpc) is 3.61. The highest BCUT2D eigenvalue weighted by Gasteiger charge is 2.33. The summed E-state index contributed by atoms with van der Waals surface area (Å²) in [5.74, 6) is -0.283. The van der Waals surface area contributed by atoms with Gasteiger partial charge < -0.3 is 9.73 Å². The molecule has 2 heterocycles. The van der Waals surface area contributed by atoms with E-state index in [1.807, 2.05) is 6.07 Å². The molecule has 0 saturated heterocycles. The highest BCUT2D eigenvalue weighted by atomic mass is 79.9. The molecule has 0 bridgehead atoms. The Balaban J connectivity index is 1.73. The molecule has 0 aliphatic heterocycles. The Bertz CT molecular complexity index is 1580. The van der Waals surface area contributed by atoms with E-state index in [0.717, 1.165) is 29.1 Å². The normalized spacial score (nSPS) is 13.7. The SMILES string of the molecule is CNC(=O)c1c(-c2ccc(F)cc2)oc2cc(N(Cc3cc(Br)ccn3)S(C)(=O)=O)c(C3CC3)cc12. The van der Waals surface area contributed by atoms with Gasteiger partial charge in [0.25, 0.3) is 5.91 Å². The molecule has 5 rings (SSSR count). The standard InChI is InChI=1S/C26H23BrFN3O4S/c1-29-26(32)24-21-12-20(15-3-4-15)22(13-23(21)35-25(24)16-5-7-18(28)8-6-16)31(36(2,33)34)14-19-11-17(27)9-10-30-19/h5-13,15H,3-4,14H2,1-2H3,(H,29,32). The third-order valence-electron chi connectivity index (χ3n) is 6.17. The van der Waals surface area contributed by atoms with Gasteiger partial charge in [-0.05, 0) is 66.8 Å². The van der Waals surface area contributed by atoms with E-state index in [1.54, 1.807) is 36.5 Å². The first kappa shape index (κ1) is 24.5. The number of furan rings is 1. The van der Waals surface area contributed by atoms with Gasteiger partial charge in [0, 0.05) is 34.7 Å². The lowest BCUT2D eigenvalue weighted by Crippen LogP contribution is -2.30. The van der Waals surface area contributed by atoms with Crippen molar-refractivity contribution in [3.8, 4) is 11.3 Å². The third-order valence-corrected chi connectivity index (χ3v) is 7.79. The molecule has 1 N–H and O–H groups in total. The maximum absolute atomic E-state index is 13.6. The number of aromatic nitrogens is 1. The molecule has 2 aromatic heterocycles. The van der Waals surface area contributed by atoms with Crippen LogP contribution in [0.5, 0.6) is 0 Å². The van der Waals surface area contributed by atoms with Crippen molar-refractivity contribution in [1.82, 2.24) is 10.3 Å². The van der Waals surface area contributed by atoms with Crippen LogP contribution in [0.3, 0.4) is 0 Å². The third kappa shape index (κ3) is 4.75. The van der Waals surface area contributed by atoms with E-state index in [-0.39, 0.29) is 18.4 Å². The zero-order valence-corrected chi connectivity index (χ0v) is 22.0. The summed E-state index contributed by atoms with van der Waals surface area (Å²) in [5, 5.41) is 3.23. The van der Waals surface area contributed by atoms with E-state index in [2.05, 4.69) is 26.2 Å². The van der Waals surface area contributed by atoms with E-state index in [0.29, 0.717) is 39.2 Å². The van der Waals surface area contributed by atoms with Crippen molar-refractivity contribution in [2.45, 2.75) is 25.3 Å². The zero-order valence-electron chi connectivity index (χ0n) is 19.6. The average molecular weight is 572 g/mol. The van der Waals surface area contributed by atoms with Crippen molar-refractivity contribution in [1.29, 1.82) is 0 Å². The fraction of sp³-hybridized carbons (Fsp3) is 0.231. The number of carbonyl (C=O) groups excluding carboxylic acids is 1. The molecule has 1 fully saturated rings. The molecular formula is C26H23BrFN3O4S. The second kappa shape index (κ2) is 9.33. The highest BCUT2D eigenvalue weighted by molar-refractivity contribution is 9.10. The number of nitrogens with one attached hydrogen (secondary N) is 1. The smallest absolute Gasteiger partial charge is 0.255 e. The molecule has 4 aromatic rings. The molecular weight excluding hydrogens is 549 g/mol. The predicted molar refractivity (Wildman–Crippen MR) is 140 cm³/mol. The Morgan fingerprint density at radius 3 is 2.53 bits per heavy atom. The summed E-state index contributed by atoms with van der Waals surface area (Å²) in [4.78, 5) is 17.3. The van der Waals surface area contributed by atoms with Gasteiger partial charge in [0.1, 0.15) is 17.2 Å². The second-order valence-corrected chi connectivity index (χ2v) is 11.6. The van der Waals surface area contributed by atoms with Crippen molar-refractivity contribution >= 4 is 48.5 Å². The molecule has 0 spiro atoms. The molecule has 1 aliphatic rings. The van der Waals surface area contributed by atoms with E-state index >= 15 is 0 Å². The van der Waals surface area contributed by atoms with Crippen LogP contribution in [0.25, 0.3) is 22.3 Å². The van der Waals surface area contributed by atoms with Gasteiger partial charge in [-0.25, -0.2) is 12.8 Å². The van der Waals surface area contributed by atoms with Gasteiger partial charge in [-0.15, -0.1) is 0 Å². The minimum Gasteiger partial charge on any atom is -0.455 e. The lowest BCUT2D eigenvalue weighted by molar-refractivity contribution is 0.0964. The van der Waals surface area contributed by atoms with Crippen LogP contribution in [-0.2, 0) is 16.6 Å². The molecule has 0 atom stereocenters. The molecule has 7 nitrogen and oxygen atoms in total. The monoisotopic (exact) mass is 571 g/mol. The number of pyridine rings is 1. The van der Waals surface area contributed by atoms with E-state index in [9.17, 15) is 17.6 Å². The topological polar surface area (TPSA) is 92.5 Å². The molecule has 0 radical (unpaired) electrons. The number of fused-ring (bicyclic) bond motifs is 1. The number of benzene rings is 2. The van der Waals surface area contributed by atoms with Crippen LogP contribution in [0, 0.1) is 5.82 Å². The summed E-state index contributed by atoms with van der Waals surface area (Å²) in [6.07, 6.45) is 4.61. The Labute approximate surface area is 216 Å². The van der Waals surface area contributed by atoms with Gasteiger partial charge in [-0.3, -0.25) is 14.1 Å². The number of hydrogen-bond acceptors (Lipinski definition) is 5. The van der Waals surface area contributed by atoms with Crippen molar-refractivity contribution in [3.63, 3.8) is 0 Å². The molecule has 2 aromatic carbocycles. The number of hydrogen-bond donors (Lipinski definition) is 1. The molecule has 1 aliphatic carbocycles. The Hall–Kier alpha value is -3.24. The van der Waals surface area contributed by atoms with E-state index < -0.39 is 15.8 Å². The van der Waals surface area contributed by atoms with Crippen LogP contribution in [0.2, 0.25) is 0 Å². The Morgan fingerprint density at radius 2 is 1.92 bits per heavy atom. The zero-order chi connectivity index (χ0) is 25.6. The van der Waals surface area contributed by atoms with Crippen LogP contribution in [0.15, 0.2) is 63.6 Å². The van der Waals surface area contributed by atoms with Crippen molar-refractivity contribution < 1.29 is 22.0 Å². The maximum Gasteiger partial charge on any atom is 0.255 e. The van der Waals surface area contributed by atoms with Gasteiger partial charge in [0.15, 0.2) is 0 Å². The van der Waals surface area contributed by atoms with E-state index in [1.165, 1.54) is 23.5 Å². The molecule has 10 heteroatoms. The number of nitrogens with zero attached hydrogens (tertiary/aromatic N) is 2. The van der Waals surface area contributed by atoms with Crippen molar-refractivity contribution in [2.24, 2.45) is 0 Å². The van der Waals surface area contributed by atoms with Crippen LogP contribution in [0.1, 0.15) is 40.4 Å². The molecule has 1 amide bonds. The first-order valence-corrected chi connectivity index (χ1v) is 14.0. The molecule has 1 saturated carbocycles. The van der Waals surface area contributed by atoms with Crippen molar-refractivity contribution in [2.75, 3.05) is 17.6 Å². The lowest BCUT2D eigenvalue weighted by atomic mass is 10.0. The molecule has 0 unspecified atom stereocenters. The van der Waals surface area contributed by atoms with Gasteiger partial charge in [0.05, 0.1) is 29.7 Å². The minimum absolute atomic E-state index is 0.0390. The molecule has 36 heavy (non-hydrogen) atoms. The lowest BCUT2D eigenvalue weighted by Gasteiger charge is -2.25. The maximum atomic E-state index is 13.6. The second-order valence-electron chi connectivity index (χ2n) is 8.81. The Kier molecular flexibility index (Phi) is 6.34. The fourth-order valence-corrected chi connectivity index (χ4v) is 5.57. The fourth-order valence-electron chi connectivity index (χ4n) is 4.30. The Morgan fingerprint density at radius 1 is 1.19 bits per heavy atom. The van der Waals surface area contributed by atoms with Crippen LogP contribution in [0.4, 0.5) is 10.1 Å². The summed E-state index contributed by atoms with van der Waals surface area (Å²) in [5.41, 5.74) is 3.14. The molecule has 186 valence electrons. The first-order valence-electron chi connectivity index (χ1n) is 11.3. The summed E-state index contributed by atoms with van der Waals surface area (Å²) in [7, 11) is -2.16. The number of rotatable bonds is 7. The number of carbonyl (C=O) groups is 1. The first-order chi connectivity index (χ1) is 17.2. The van der Waals surface area contributed by atoms with Crippen LogP contribution >= 0.6 is 15.9 Å².